The van der Waals surface area contributed by atoms with Gasteiger partial charge in [0.05, 0.1) is 0 Å². The topological polar surface area (TPSA) is 23.6 Å². The highest BCUT2D eigenvalue weighted by Gasteiger charge is 2.11. The second-order valence-corrected chi connectivity index (χ2v) is 3.18. The summed E-state index contributed by atoms with van der Waals surface area (Å²) in [6.45, 7) is 2.09. The smallest absolute Gasteiger partial charge is 0.245 e. The van der Waals surface area contributed by atoms with Crippen LogP contribution in [0.25, 0.3) is 0 Å². The maximum Gasteiger partial charge on any atom is 0.411 e. The molecular weight excluding hydrogens is 155 g/mol. The minimum absolute atomic E-state index is 0.373. The van der Waals surface area contributed by atoms with E-state index in [1.165, 1.54) is 0 Å². The lowest BCUT2D eigenvalue weighted by molar-refractivity contribution is 0.205. The Morgan fingerprint density at radius 3 is 2.20 bits per heavy atom. The highest BCUT2D eigenvalue weighted by Crippen LogP contribution is 2.12. The molecule has 0 spiro atoms. The van der Waals surface area contributed by atoms with Crippen LogP contribution < -0.4 is 0 Å². The van der Waals surface area contributed by atoms with E-state index in [0.29, 0.717) is 6.54 Å². The van der Waals surface area contributed by atoms with E-state index in [1.807, 2.05) is 0 Å². The van der Waals surface area contributed by atoms with E-state index < -0.39 is 6.16 Å². The van der Waals surface area contributed by atoms with Gasteiger partial charge in [-0.2, -0.15) is 0 Å². The van der Waals surface area contributed by atoms with Crippen molar-refractivity contribution in [3.8, 4) is 0 Å². The predicted octanol–water partition coefficient (Wildman–Crippen LogP) is 1.52. The number of halogens is 1. The average molecular weight is 166 g/mol. The van der Waals surface area contributed by atoms with E-state index in [0.717, 1.165) is 16.4 Å². The molecule has 0 aliphatic heterocycles. The second kappa shape index (κ2) is 4.51. The molecule has 0 fully saturated rings. The van der Waals surface area contributed by atoms with Crippen LogP contribution in [0, 0.1) is 0 Å². The number of amides is 1. The number of rotatable bonds is 3. The molecule has 10 heavy (non-hydrogen) atoms. The summed E-state index contributed by atoms with van der Waals surface area (Å²) >= 11 is 1.05. The van der Waals surface area contributed by atoms with E-state index in [4.69, 9.17) is 0 Å². The van der Waals surface area contributed by atoms with Gasteiger partial charge in [-0.15, -0.1) is 4.39 Å². The molecule has 0 bridgehead atoms. The third-order valence-corrected chi connectivity index (χ3v) is 1.67. The van der Waals surface area contributed by atoms with Crippen molar-refractivity contribution >= 4 is 18.3 Å². The van der Waals surface area contributed by atoms with Crippen LogP contribution in [0.5, 0.6) is 0 Å². The Labute approximate surface area is 64.4 Å². The molecule has 60 valence electrons. The van der Waals surface area contributed by atoms with Crippen molar-refractivity contribution in [3.63, 3.8) is 0 Å². The van der Waals surface area contributed by atoms with Gasteiger partial charge in [0.2, 0.25) is 0 Å². The third-order valence-electron chi connectivity index (χ3n) is 0.745. The van der Waals surface area contributed by atoms with Crippen LogP contribution in [0.2, 0.25) is 0 Å². The molecule has 3 nitrogen and oxygen atoms in total. The lowest BCUT2D eigenvalue weighted by atomic mass is 10.8. The Kier molecular flexibility index (Phi) is 4.38. The maximum absolute atomic E-state index is 12.0. The van der Waals surface area contributed by atoms with Crippen molar-refractivity contribution in [2.75, 3.05) is 20.6 Å². The normalized spacial score (nSPS) is 10.1. The van der Waals surface area contributed by atoms with Crippen molar-refractivity contribution in [1.29, 1.82) is 0 Å². The first-order valence-electron chi connectivity index (χ1n) is 2.90. The molecule has 0 heterocycles. The molecular formula is C5H11FN2OS. The molecule has 0 saturated heterocycles. The monoisotopic (exact) mass is 166 g/mol. The molecule has 0 aromatic heterocycles. The maximum atomic E-state index is 12.0. The predicted molar refractivity (Wildman–Crippen MR) is 40.2 cm³/mol. The third kappa shape index (κ3) is 3.68. The Bertz CT molecular complexity index is 120. The van der Waals surface area contributed by atoms with Gasteiger partial charge in [0, 0.05) is 18.7 Å². The summed E-state index contributed by atoms with van der Waals surface area (Å²) in [6, 6.07) is 0. The molecule has 0 atom stereocenters. The van der Waals surface area contributed by atoms with Crippen molar-refractivity contribution in [1.82, 2.24) is 8.61 Å². The summed E-state index contributed by atoms with van der Waals surface area (Å²) in [6.07, 6.45) is -1.40. The minimum atomic E-state index is -1.40. The van der Waals surface area contributed by atoms with Gasteiger partial charge in [0.1, 0.15) is 0 Å². The van der Waals surface area contributed by atoms with Crippen LogP contribution in [0.3, 0.4) is 0 Å². The number of carbonyl (C=O) groups excluding carboxylic acids is 1. The SMILES string of the molecule is CCN(SN(C)C)C(=O)F. The van der Waals surface area contributed by atoms with Gasteiger partial charge in [-0.1, -0.05) is 0 Å². The first kappa shape index (κ1) is 9.71. The average Bonchev–Trinajstić information content (AvgIpc) is 1.81. The molecule has 0 radical (unpaired) electrons. The van der Waals surface area contributed by atoms with Gasteiger partial charge in [-0.3, -0.25) is 0 Å². The highest BCUT2D eigenvalue weighted by atomic mass is 32.2. The Hall–Kier alpha value is -0.290. The molecule has 0 aromatic rings. The Morgan fingerprint density at radius 2 is 2.10 bits per heavy atom. The van der Waals surface area contributed by atoms with Gasteiger partial charge < -0.3 is 0 Å². The van der Waals surface area contributed by atoms with Crippen molar-refractivity contribution < 1.29 is 9.18 Å². The molecule has 1 amide bonds. The number of carbonyl (C=O) groups is 1. The summed E-state index contributed by atoms with van der Waals surface area (Å²) in [5.74, 6) is 0. The molecule has 0 N–H and O–H groups in total. The molecule has 5 heteroatoms. The van der Waals surface area contributed by atoms with E-state index in [2.05, 4.69) is 0 Å². The van der Waals surface area contributed by atoms with Crippen LogP contribution in [0.15, 0.2) is 0 Å². The van der Waals surface area contributed by atoms with E-state index in [9.17, 15) is 9.18 Å². The summed E-state index contributed by atoms with van der Waals surface area (Å²) < 4.78 is 14.6. The van der Waals surface area contributed by atoms with Crippen molar-refractivity contribution in [2.24, 2.45) is 0 Å². The van der Waals surface area contributed by atoms with Crippen LogP contribution >= 0.6 is 12.1 Å². The van der Waals surface area contributed by atoms with Gasteiger partial charge in [-0.05, 0) is 21.0 Å². The fourth-order valence-electron chi connectivity index (χ4n) is 0.411. The van der Waals surface area contributed by atoms with E-state index in [1.54, 1.807) is 25.3 Å². The molecule has 0 aliphatic rings. The van der Waals surface area contributed by atoms with Crippen LogP contribution in [-0.2, 0) is 0 Å². The second-order valence-electron chi connectivity index (χ2n) is 1.84. The van der Waals surface area contributed by atoms with Crippen LogP contribution in [0.1, 0.15) is 6.92 Å². The van der Waals surface area contributed by atoms with Gasteiger partial charge in [0.25, 0.3) is 0 Å². The van der Waals surface area contributed by atoms with Crippen molar-refractivity contribution in [3.05, 3.63) is 0 Å². The van der Waals surface area contributed by atoms with E-state index in [-0.39, 0.29) is 0 Å². The van der Waals surface area contributed by atoms with Crippen LogP contribution in [0.4, 0.5) is 9.18 Å². The fraction of sp³-hybridized carbons (Fsp3) is 0.800. The summed E-state index contributed by atoms with van der Waals surface area (Å²) in [7, 11) is 3.49. The summed E-state index contributed by atoms with van der Waals surface area (Å²) in [5.41, 5.74) is 0. The molecule has 0 saturated carbocycles. The zero-order chi connectivity index (χ0) is 8.15. The number of hydrogen-bond donors (Lipinski definition) is 0. The number of hydrogen-bond acceptors (Lipinski definition) is 3. The lowest BCUT2D eigenvalue weighted by Crippen LogP contribution is -2.22. The minimum Gasteiger partial charge on any atom is -0.245 e. The van der Waals surface area contributed by atoms with Gasteiger partial charge in [0.15, 0.2) is 0 Å². The number of nitrogens with zero attached hydrogens (tertiary/aromatic N) is 2. The standard InChI is InChI=1S/C5H11FN2OS/c1-4-8(5(6)9)10-7(2)3/h4H2,1-3H3. The molecule has 0 rings (SSSR count). The zero-order valence-corrected chi connectivity index (χ0v) is 7.11. The lowest BCUT2D eigenvalue weighted by Gasteiger charge is -2.17. The Morgan fingerprint density at radius 1 is 1.60 bits per heavy atom. The molecule has 0 unspecified atom stereocenters. The van der Waals surface area contributed by atoms with Gasteiger partial charge in [-0.25, -0.2) is 13.4 Å². The molecule has 0 aromatic carbocycles. The first-order valence-corrected chi connectivity index (χ1v) is 3.63. The van der Waals surface area contributed by atoms with Crippen molar-refractivity contribution in [2.45, 2.75) is 6.92 Å². The molecule has 0 aliphatic carbocycles. The first-order chi connectivity index (χ1) is 4.57. The zero-order valence-electron chi connectivity index (χ0n) is 6.30. The van der Waals surface area contributed by atoms with E-state index >= 15 is 0 Å². The largest absolute Gasteiger partial charge is 0.411 e. The fourth-order valence-corrected chi connectivity index (χ4v) is 0.985. The highest BCUT2D eigenvalue weighted by molar-refractivity contribution is 7.95. The summed E-state index contributed by atoms with van der Waals surface area (Å²) in [5, 5.41) is 0. The Balaban J connectivity index is 3.72. The van der Waals surface area contributed by atoms with Crippen LogP contribution in [-0.4, -0.2) is 35.4 Å². The van der Waals surface area contributed by atoms with Gasteiger partial charge >= 0.3 is 6.16 Å². The quantitative estimate of drug-likeness (QED) is 0.361. The summed E-state index contributed by atoms with van der Waals surface area (Å²) in [4.78, 5) is 10.1.